The van der Waals surface area contributed by atoms with Crippen molar-refractivity contribution in [3.63, 3.8) is 0 Å². The molecule has 0 aliphatic rings. The van der Waals surface area contributed by atoms with Crippen LogP contribution in [0.5, 0.6) is 5.75 Å². The van der Waals surface area contributed by atoms with E-state index in [1.165, 1.54) is 12.1 Å². The average Bonchev–Trinajstić information content (AvgIpc) is 2.31. The lowest BCUT2D eigenvalue weighted by Gasteiger charge is -2.12. The lowest BCUT2D eigenvalue weighted by molar-refractivity contribution is 0.266. The Morgan fingerprint density at radius 2 is 2.00 bits per heavy atom. The molecule has 19 heavy (non-hydrogen) atoms. The van der Waals surface area contributed by atoms with Crippen molar-refractivity contribution in [1.82, 2.24) is 0 Å². The molecule has 0 aromatic heterocycles. The summed E-state index contributed by atoms with van der Waals surface area (Å²) in [5, 5.41) is 4.89. The topological polar surface area (TPSA) is 69.4 Å². The largest absolute Gasteiger partial charge is 0.490 e. The van der Waals surface area contributed by atoms with E-state index in [2.05, 4.69) is 0 Å². The van der Waals surface area contributed by atoms with E-state index in [-0.39, 0.29) is 24.0 Å². The Morgan fingerprint density at radius 1 is 1.32 bits per heavy atom. The highest BCUT2D eigenvalue weighted by atomic mass is 32.2. The van der Waals surface area contributed by atoms with Crippen LogP contribution in [0.4, 0.5) is 8.78 Å². The highest BCUT2D eigenvalue weighted by molar-refractivity contribution is 7.89. The molecule has 0 amide bonds. The summed E-state index contributed by atoms with van der Waals surface area (Å²) in [7, 11) is -3.46. The SMILES string of the molecule is CC(CCOc1cccc(F)c1F)CCS(N)(=O)=O. The van der Waals surface area contributed by atoms with Gasteiger partial charge in [-0.1, -0.05) is 13.0 Å². The van der Waals surface area contributed by atoms with Crippen molar-refractivity contribution in [1.29, 1.82) is 0 Å². The van der Waals surface area contributed by atoms with Crippen LogP contribution in [0.25, 0.3) is 0 Å². The van der Waals surface area contributed by atoms with E-state index in [0.717, 1.165) is 6.07 Å². The standard InChI is InChI=1S/C12H17F2NO3S/c1-9(6-8-19(15,16)17)5-7-18-11-4-2-3-10(13)12(11)14/h2-4,9H,5-8H2,1H3,(H2,15,16,17). The first-order chi connectivity index (χ1) is 8.79. The molecule has 7 heteroatoms. The number of rotatable bonds is 7. The summed E-state index contributed by atoms with van der Waals surface area (Å²) in [6.07, 6.45) is 0.944. The van der Waals surface area contributed by atoms with E-state index in [0.29, 0.717) is 12.8 Å². The van der Waals surface area contributed by atoms with Crippen molar-refractivity contribution >= 4 is 10.0 Å². The Balaban J connectivity index is 2.36. The normalized spacial score (nSPS) is 13.3. The first kappa shape index (κ1) is 15.8. The van der Waals surface area contributed by atoms with Crippen LogP contribution in [0, 0.1) is 17.6 Å². The van der Waals surface area contributed by atoms with Gasteiger partial charge < -0.3 is 4.74 Å². The molecule has 0 aliphatic heterocycles. The van der Waals surface area contributed by atoms with Crippen LogP contribution in [-0.4, -0.2) is 20.8 Å². The van der Waals surface area contributed by atoms with Crippen LogP contribution in [0.15, 0.2) is 18.2 Å². The Kier molecular flexibility index (Phi) is 5.68. The maximum Gasteiger partial charge on any atom is 0.209 e. The fourth-order valence-corrected chi connectivity index (χ4v) is 2.21. The first-order valence-electron chi connectivity index (χ1n) is 5.87. The van der Waals surface area contributed by atoms with Crippen LogP contribution < -0.4 is 9.88 Å². The molecular weight excluding hydrogens is 276 g/mol. The third kappa shape index (κ3) is 5.98. The predicted molar refractivity (Wildman–Crippen MR) is 68.2 cm³/mol. The van der Waals surface area contributed by atoms with Gasteiger partial charge in [-0.2, -0.15) is 4.39 Å². The molecule has 4 nitrogen and oxygen atoms in total. The molecular formula is C12H17F2NO3S. The first-order valence-corrected chi connectivity index (χ1v) is 7.58. The summed E-state index contributed by atoms with van der Waals surface area (Å²) >= 11 is 0. The molecule has 0 saturated carbocycles. The zero-order chi connectivity index (χ0) is 14.5. The van der Waals surface area contributed by atoms with Gasteiger partial charge in [0.05, 0.1) is 12.4 Å². The lowest BCUT2D eigenvalue weighted by atomic mass is 10.1. The fourth-order valence-electron chi connectivity index (χ4n) is 1.48. The molecule has 0 saturated heterocycles. The molecule has 0 spiro atoms. The van der Waals surface area contributed by atoms with Crippen molar-refractivity contribution in [3.05, 3.63) is 29.8 Å². The summed E-state index contributed by atoms with van der Waals surface area (Å²) in [5.74, 6) is -2.14. The third-order valence-corrected chi connectivity index (χ3v) is 3.48. The fraction of sp³-hybridized carbons (Fsp3) is 0.500. The molecule has 1 rings (SSSR count). The summed E-state index contributed by atoms with van der Waals surface area (Å²) in [4.78, 5) is 0. The number of ether oxygens (including phenoxy) is 1. The van der Waals surface area contributed by atoms with Crippen molar-refractivity contribution in [2.45, 2.75) is 19.8 Å². The molecule has 0 heterocycles. The van der Waals surface area contributed by atoms with E-state index in [1.54, 1.807) is 0 Å². The van der Waals surface area contributed by atoms with E-state index in [4.69, 9.17) is 9.88 Å². The molecule has 0 aliphatic carbocycles. The number of primary sulfonamides is 1. The van der Waals surface area contributed by atoms with Gasteiger partial charge in [0.25, 0.3) is 0 Å². The van der Waals surface area contributed by atoms with Crippen LogP contribution in [0.2, 0.25) is 0 Å². The van der Waals surface area contributed by atoms with Gasteiger partial charge in [-0.05, 0) is 30.9 Å². The second-order valence-electron chi connectivity index (χ2n) is 4.45. The highest BCUT2D eigenvalue weighted by Crippen LogP contribution is 2.20. The molecule has 1 aromatic carbocycles. The van der Waals surface area contributed by atoms with Gasteiger partial charge >= 0.3 is 0 Å². The molecule has 0 fully saturated rings. The van der Waals surface area contributed by atoms with Crippen LogP contribution >= 0.6 is 0 Å². The van der Waals surface area contributed by atoms with Crippen LogP contribution in [0.1, 0.15) is 19.8 Å². The Labute approximate surface area is 111 Å². The van der Waals surface area contributed by atoms with Gasteiger partial charge in [0.2, 0.25) is 15.8 Å². The zero-order valence-electron chi connectivity index (χ0n) is 10.6. The zero-order valence-corrected chi connectivity index (χ0v) is 11.4. The second-order valence-corrected chi connectivity index (χ2v) is 6.18. The molecule has 2 N–H and O–H groups in total. The van der Waals surface area contributed by atoms with Crippen molar-refractivity contribution in [2.75, 3.05) is 12.4 Å². The lowest BCUT2D eigenvalue weighted by Crippen LogP contribution is -2.18. The number of hydrogen-bond donors (Lipinski definition) is 1. The average molecular weight is 293 g/mol. The van der Waals surface area contributed by atoms with Gasteiger partial charge in [0.1, 0.15) is 0 Å². The summed E-state index contributed by atoms with van der Waals surface area (Å²) in [5.41, 5.74) is 0. The maximum absolute atomic E-state index is 13.2. The minimum absolute atomic E-state index is 0.0648. The number of sulfonamides is 1. The minimum atomic E-state index is -3.46. The quantitative estimate of drug-likeness (QED) is 0.836. The second kappa shape index (κ2) is 6.81. The van der Waals surface area contributed by atoms with Gasteiger partial charge in [-0.25, -0.2) is 17.9 Å². The van der Waals surface area contributed by atoms with Gasteiger partial charge in [-0.15, -0.1) is 0 Å². The van der Waals surface area contributed by atoms with E-state index in [1.807, 2.05) is 6.92 Å². The van der Waals surface area contributed by atoms with Gasteiger partial charge in [-0.3, -0.25) is 0 Å². The minimum Gasteiger partial charge on any atom is -0.490 e. The van der Waals surface area contributed by atoms with E-state index < -0.39 is 21.7 Å². The predicted octanol–water partition coefficient (Wildman–Crippen LogP) is 2.05. The van der Waals surface area contributed by atoms with Crippen LogP contribution in [-0.2, 0) is 10.0 Å². The molecule has 0 radical (unpaired) electrons. The van der Waals surface area contributed by atoms with Crippen LogP contribution in [0.3, 0.4) is 0 Å². The molecule has 1 aromatic rings. The van der Waals surface area contributed by atoms with Crippen molar-refractivity contribution < 1.29 is 21.9 Å². The number of halogens is 2. The maximum atomic E-state index is 13.2. The van der Waals surface area contributed by atoms with Gasteiger partial charge in [0.15, 0.2) is 11.6 Å². The number of nitrogens with two attached hydrogens (primary N) is 1. The van der Waals surface area contributed by atoms with Crippen molar-refractivity contribution in [3.8, 4) is 5.75 Å². The Morgan fingerprint density at radius 3 is 2.63 bits per heavy atom. The molecule has 108 valence electrons. The highest BCUT2D eigenvalue weighted by Gasteiger charge is 2.11. The van der Waals surface area contributed by atoms with E-state index in [9.17, 15) is 17.2 Å². The summed E-state index contributed by atoms with van der Waals surface area (Å²) < 4.78 is 52.8. The van der Waals surface area contributed by atoms with E-state index >= 15 is 0 Å². The van der Waals surface area contributed by atoms with Crippen molar-refractivity contribution in [2.24, 2.45) is 11.1 Å². The van der Waals surface area contributed by atoms with Gasteiger partial charge in [0, 0.05) is 0 Å². The smallest absolute Gasteiger partial charge is 0.209 e. The summed E-state index contributed by atoms with van der Waals surface area (Å²) in [6, 6.07) is 3.71. The Bertz CT molecular complexity index is 520. The molecule has 1 unspecified atom stereocenters. The number of benzene rings is 1. The monoisotopic (exact) mass is 293 g/mol. The summed E-state index contributed by atoms with van der Waals surface area (Å²) in [6.45, 7) is 2.03. The third-order valence-electron chi connectivity index (χ3n) is 2.68. The molecule has 1 atom stereocenters. The molecule has 0 bridgehead atoms. The number of hydrogen-bond acceptors (Lipinski definition) is 3. The Hall–Kier alpha value is -1.21.